The summed E-state index contributed by atoms with van der Waals surface area (Å²) in [6, 6.07) is 5.90. The van der Waals surface area contributed by atoms with Crippen LogP contribution >= 0.6 is 0 Å². The van der Waals surface area contributed by atoms with Crippen LogP contribution in [0.5, 0.6) is 5.75 Å². The molecule has 6 heteroatoms. The molecular weight excluding hydrogens is 366 g/mol. The molecular formula is C23H37N3O3. The van der Waals surface area contributed by atoms with Crippen LogP contribution in [-0.2, 0) is 11.2 Å². The molecule has 29 heavy (non-hydrogen) atoms. The summed E-state index contributed by atoms with van der Waals surface area (Å²) in [6.07, 6.45) is 2.94. The predicted octanol–water partition coefficient (Wildman–Crippen LogP) is 2.24. The number of nitrogens with zero attached hydrogens (tertiary/aromatic N) is 3. The lowest BCUT2D eigenvalue weighted by atomic mass is 10.0. The fourth-order valence-corrected chi connectivity index (χ4v) is 4.03. The predicted molar refractivity (Wildman–Crippen MR) is 117 cm³/mol. The number of carbonyl (C=O) groups is 1. The minimum Gasteiger partial charge on any atom is -0.488 e. The first-order valence-corrected chi connectivity index (χ1v) is 10.8. The Bertz CT molecular complexity index is 705. The number of hydrogen-bond donors (Lipinski definition) is 1. The third kappa shape index (κ3) is 5.64. The Balaban J connectivity index is 1.90. The molecule has 0 unspecified atom stereocenters. The number of amides is 1. The molecule has 1 N–H and O–H groups in total. The van der Waals surface area contributed by atoms with Crippen molar-refractivity contribution in [2.45, 2.75) is 45.3 Å². The smallest absolute Gasteiger partial charge is 0.227 e. The van der Waals surface area contributed by atoms with E-state index in [1.54, 1.807) is 0 Å². The maximum Gasteiger partial charge on any atom is 0.227 e. The van der Waals surface area contributed by atoms with Crippen LogP contribution in [0.25, 0.3) is 0 Å². The summed E-state index contributed by atoms with van der Waals surface area (Å²) in [4.78, 5) is 19.4. The number of ether oxygens (including phenoxy) is 1. The van der Waals surface area contributed by atoms with Gasteiger partial charge in [-0.05, 0) is 50.9 Å². The fraction of sp³-hybridized carbons (Fsp3) is 0.696. The van der Waals surface area contributed by atoms with Crippen LogP contribution in [0.1, 0.15) is 32.3 Å². The number of benzene rings is 1. The number of likely N-dealkylation sites (N-methyl/N-ethyl adjacent to an activating group) is 1. The van der Waals surface area contributed by atoms with E-state index in [9.17, 15) is 9.90 Å². The average Bonchev–Trinajstić information content (AvgIpc) is 3.48. The van der Waals surface area contributed by atoms with E-state index in [2.05, 4.69) is 24.9 Å². The minimum absolute atomic E-state index is 0.0120. The Morgan fingerprint density at radius 3 is 2.59 bits per heavy atom. The van der Waals surface area contributed by atoms with Gasteiger partial charge in [0.1, 0.15) is 11.9 Å². The number of rotatable bonds is 7. The van der Waals surface area contributed by atoms with Gasteiger partial charge in [0.05, 0.1) is 19.1 Å². The summed E-state index contributed by atoms with van der Waals surface area (Å²) in [5.41, 5.74) is 1.97. The van der Waals surface area contributed by atoms with E-state index in [4.69, 9.17) is 4.74 Å². The Labute approximate surface area is 175 Å². The van der Waals surface area contributed by atoms with Gasteiger partial charge in [-0.1, -0.05) is 6.92 Å². The van der Waals surface area contributed by atoms with Crippen molar-refractivity contribution in [2.24, 2.45) is 11.8 Å². The average molecular weight is 404 g/mol. The van der Waals surface area contributed by atoms with Crippen LogP contribution in [0, 0.1) is 11.8 Å². The summed E-state index contributed by atoms with van der Waals surface area (Å²) in [6.45, 7) is 6.57. The van der Waals surface area contributed by atoms with Gasteiger partial charge in [-0.15, -0.1) is 0 Å². The molecule has 0 bridgehead atoms. The molecule has 1 saturated carbocycles. The van der Waals surface area contributed by atoms with E-state index in [-0.39, 0.29) is 30.6 Å². The first-order valence-electron chi connectivity index (χ1n) is 10.8. The van der Waals surface area contributed by atoms with Crippen molar-refractivity contribution < 1.29 is 14.6 Å². The van der Waals surface area contributed by atoms with Crippen LogP contribution < -0.4 is 9.64 Å². The van der Waals surface area contributed by atoms with Crippen molar-refractivity contribution >= 4 is 11.6 Å². The Kier molecular flexibility index (Phi) is 7.06. The zero-order valence-electron chi connectivity index (χ0n) is 18.6. The second-order valence-corrected chi connectivity index (χ2v) is 9.24. The topological polar surface area (TPSA) is 56.3 Å². The molecule has 1 fully saturated rings. The molecule has 1 aromatic carbocycles. The number of carbonyl (C=O) groups excluding carboxylic acids is 1. The lowest BCUT2D eigenvalue weighted by molar-refractivity contribution is -0.134. The number of aliphatic hydroxyl groups is 1. The highest BCUT2D eigenvalue weighted by molar-refractivity contribution is 5.80. The molecule has 0 aromatic heterocycles. The second-order valence-electron chi connectivity index (χ2n) is 9.24. The van der Waals surface area contributed by atoms with Gasteiger partial charge in [-0.3, -0.25) is 4.79 Å². The van der Waals surface area contributed by atoms with E-state index in [1.807, 2.05) is 43.0 Å². The first kappa shape index (κ1) is 21.9. The van der Waals surface area contributed by atoms with Crippen molar-refractivity contribution in [1.29, 1.82) is 0 Å². The van der Waals surface area contributed by atoms with Gasteiger partial charge < -0.3 is 24.5 Å². The molecule has 6 nitrogen and oxygen atoms in total. The van der Waals surface area contributed by atoms with Crippen molar-refractivity contribution in [3.8, 4) is 5.75 Å². The molecule has 1 aliphatic carbocycles. The summed E-state index contributed by atoms with van der Waals surface area (Å²) < 4.78 is 6.55. The molecule has 162 valence electrons. The molecule has 1 aliphatic heterocycles. The first-order chi connectivity index (χ1) is 13.8. The van der Waals surface area contributed by atoms with E-state index < -0.39 is 0 Å². The molecule has 0 saturated heterocycles. The molecule has 1 aromatic rings. The largest absolute Gasteiger partial charge is 0.488 e. The molecule has 1 amide bonds. The highest BCUT2D eigenvalue weighted by Gasteiger charge is 2.32. The van der Waals surface area contributed by atoms with Crippen molar-refractivity contribution in [3.05, 3.63) is 23.8 Å². The van der Waals surface area contributed by atoms with Gasteiger partial charge in [-0.25, -0.2) is 0 Å². The zero-order chi connectivity index (χ0) is 21.1. The normalized spacial score (nSPS) is 23.7. The Hall–Kier alpha value is -1.79. The number of hydrogen-bond acceptors (Lipinski definition) is 5. The zero-order valence-corrected chi connectivity index (χ0v) is 18.6. The van der Waals surface area contributed by atoms with E-state index >= 15 is 0 Å². The number of fused-ring (bicyclic) bond motifs is 1. The van der Waals surface area contributed by atoms with Gasteiger partial charge in [0.15, 0.2) is 0 Å². The van der Waals surface area contributed by atoms with E-state index in [0.29, 0.717) is 13.0 Å². The van der Waals surface area contributed by atoms with Crippen molar-refractivity contribution in [3.63, 3.8) is 0 Å². The maximum atomic E-state index is 13.1. The summed E-state index contributed by atoms with van der Waals surface area (Å²) in [7, 11) is 6.16. The lowest BCUT2D eigenvalue weighted by Gasteiger charge is -2.34. The number of aliphatic hydroxyl groups excluding tert-OH is 1. The Morgan fingerprint density at radius 1 is 1.24 bits per heavy atom. The molecule has 3 atom stereocenters. The van der Waals surface area contributed by atoms with E-state index in [1.165, 1.54) is 12.8 Å². The molecule has 2 aliphatic rings. The highest BCUT2D eigenvalue weighted by Crippen LogP contribution is 2.31. The van der Waals surface area contributed by atoms with Crippen molar-refractivity contribution in [2.75, 3.05) is 52.3 Å². The standard InChI is InChI=1S/C23H37N3O3/c1-16-12-26(17(2)15-27)23(28)11-19-10-20(24(3)4)8-9-21(19)29-22(16)14-25(5)13-18-6-7-18/h8-10,16-18,22,27H,6-7,11-15H2,1-5H3/t16-,17-,22+/m0/s1. The van der Waals surface area contributed by atoms with Gasteiger partial charge in [-0.2, -0.15) is 0 Å². The van der Waals surface area contributed by atoms with Crippen LogP contribution in [0.15, 0.2) is 18.2 Å². The molecule has 3 rings (SSSR count). The summed E-state index contributed by atoms with van der Waals surface area (Å²) in [5, 5.41) is 9.71. The van der Waals surface area contributed by atoms with Gasteiger partial charge in [0.25, 0.3) is 0 Å². The quantitative estimate of drug-likeness (QED) is 0.757. The van der Waals surface area contributed by atoms with Crippen molar-refractivity contribution in [1.82, 2.24) is 9.80 Å². The minimum atomic E-state index is -0.201. The summed E-state index contributed by atoms with van der Waals surface area (Å²) in [5.74, 6) is 1.84. The molecule has 1 heterocycles. The third-order valence-electron chi connectivity index (χ3n) is 6.17. The monoisotopic (exact) mass is 403 g/mol. The van der Waals surface area contributed by atoms with Gasteiger partial charge in [0, 0.05) is 50.9 Å². The Morgan fingerprint density at radius 2 is 1.97 bits per heavy atom. The van der Waals surface area contributed by atoms with Crippen LogP contribution in [0.2, 0.25) is 0 Å². The van der Waals surface area contributed by atoms with Gasteiger partial charge >= 0.3 is 0 Å². The SMILES string of the molecule is C[C@H]1CN([C@@H](C)CO)C(=O)Cc2cc(N(C)C)ccc2O[C@@H]1CN(C)CC1CC1. The highest BCUT2D eigenvalue weighted by atomic mass is 16.5. The lowest BCUT2D eigenvalue weighted by Crippen LogP contribution is -2.47. The van der Waals surface area contributed by atoms with Gasteiger partial charge in [0.2, 0.25) is 5.91 Å². The maximum absolute atomic E-state index is 13.1. The van der Waals surface area contributed by atoms with Crippen LogP contribution in [0.4, 0.5) is 5.69 Å². The summed E-state index contributed by atoms with van der Waals surface area (Å²) >= 11 is 0. The molecule has 0 spiro atoms. The fourth-order valence-electron chi connectivity index (χ4n) is 4.03. The molecule has 0 radical (unpaired) electrons. The van der Waals surface area contributed by atoms with Crippen LogP contribution in [-0.4, -0.2) is 80.3 Å². The second kappa shape index (κ2) is 9.35. The van der Waals surface area contributed by atoms with Crippen LogP contribution in [0.3, 0.4) is 0 Å². The van der Waals surface area contributed by atoms with E-state index in [0.717, 1.165) is 36.0 Å². The third-order valence-corrected chi connectivity index (χ3v) is 6.17. The number of anilines is 1.